The molecular weight excluding hydrogens is 408 g/mol. The van der Waals surface area contributed by atoms with Gasteiger partial charge in [-0.3, -0.25) is 4.79 Å². The number of phenolic OH excluding ortho intramolecular Hbond substituents is 1. The molecule has 1 aliphatic carbocycles. The van der Waals surface area contributed by atoms with Gasteiger partial charge in [-0.05, 0) is 61.5 Å². The Morgan fingerprint density at radius 3 is 2.44 bits per heavy atom. The van der Waals surface area contributed by atoms with E-state index >= 15 is 0 Å². The number of epoxide rings is 1. The van der Waals surface area contributed by atoms with E-state index < -0.39 is 17.8 Å². The van der Waals surface area contributed by atoms with Gasteiger partial charge < -0.3 is 24.5 Å². The highest BCUT2D eigenvalue weighted by Crippen LogP contribution is 2.54. The number of aliphatic hydroxyl groups excluding tert-OH is 2. The van der Waals surface area contributed by atoms with Crippen LogP contribution in [0.25, 0.3) is 11.0 Å². The number of fused-ring (bicyclic) bond motifs is 1. The fourth-order valence-corrected chi connectivity index (χ4v) is 6.00. The van der Waals surface area contributed by atoms with Crippen molar-refractivity contribution >= 4 is 17.3 Å². The maximum absolute atomic E-state index is 11.8. The molecule has 0 radical (unpaired) electrons. The monoisotopic (exact) mass is 444 g/mol. The molecule has 1 aromatic carbocycles. The topological polar surface area (TPSA) is 103 Å². The highest BCUT2D eigenvalue weighted by Gasteiger charge is 2.67. The molecule has 2 fully saturated rings. The van der Waals surface area contributed by atoms with Crippen LogP contribution in [0.1, 0.15) is 87.2 Å². The van der Waals surface area contributed by atoms with Crippen LogP contribution in [0.2, 0.25) is 0 Å². The van der Waals surface area contributed by atoms with Crippen LogP contribution in [0.4, 0.5) is 0 Å². The molecule has 6 atom stereocenters. The number of hydrogen-bond donors (Lipinski definition) is 3. The number of aliphatic hydroxyl groups is 2. The molecule has 6 nitrogen and oxygen atoms in total. The molecule has 4 unspecified atom stereocenters. The molecular formula is C26H36O6. The molecule has 3 N–H and O–H groups in total. The molecule has 1 spiro atoms. The van der Waals surface area contributed by atoms with Crippen molar-refractivity contribution in [3.63, 3.8) is 0 Å². The average molecular weight is 445 g/mol. The van der Waals surface area contributed by atoms with Crippen LogP contribution in [-0.4, -0.2) is 45.5 Å². The van der Waals surface area contributed by atoms with E-state index in [1.165, 1.54) is 0 Å². The van der Waals surface area contributed by atoms with Gasteiger partial charge in [0.2, 0.25) is 0 Å². The zero-order chi connectivity index (χ0) is 23.2. The SMILES string of the molecule is CCCC(c1coc2c(C=O)c(O)c(CC(C)C)cc12)[C@H]1CC(O)C2(OC2CC)[C@H](O)C1. The first-order chi connectivity index (χ1) is 15.3. The first-order valence-corrected chi connectivity index (χ1v) is 12.0. The lowest BCUT2D eigenvalue weighted by Gasteiger charge is -2.39. The zero-order valence-electron chi connectivity index (χ0n) is 19.5. The first kappa shape index (κ1) is 23.3. The molecule has 2 aromatic rings. The van der Waals surface area contributed by atoms with Crippen LogP contribution >= 0.6 is 0 Å². The third-order valence-electron chi connectivity index (χ3n) is 7.55. The molecule has 1 saturated carbocycles. The van der Waals surface area contributed by atoms with Crippen molar-refractivity contribution in [1.29, 1.82) is 0 Å². The predicted molar refractivity (Wildman–Crippen MR) is 122 cm³/mol. The van der Waals surface area contributed by atoms with Gasteiger partial charge in [-0.25, -0.2) is 0 Å². The Balaban J connectivity index is 1.73. The van der Waals surface area contributed by atoms with Crippen LogP contribution < -0.4 is 0 Å². The van der Waals surface area contributed by atoms with Gasteiger partial charge in [0, 0.05) is 10.9 Å². The molecule has 176 valence electrons. The summed E-state index contributed by atoms with van der Waals surface area (Å²) in [5.74, 6) is 0.452. The van der Waals surface area contributed by atoms with E-state index in [9.17, 15) is 20.1 Å². The molecule has 0 bridgehead atoms. The molecule has 1 aliphatic heterocycles. The quantitative estimate of drug-likeness (QED) is 0.402. The molecule has 32 heavy (non-hydrogen) atoms. The summed E-state index contributed by atoms with van der Waals surface area (Å²) in [6, 6.07) is 1.95. The Bertz CT molecular complexity index is 964. The number of hydrogen-bond acceptors (Lipinski definition) is 6. The van der Waals surface area contributed by atoms with Crippen LogP contribution in [0.5, 0.6) is 5.75 Å². The molecule has 4 rings (SSSR count). The second-order valence-corrected chi connectivity index (χ2v) is 10.1. The number of aldehydes is 1. The number of ether oxygens (including phenoxy) is 1. The normalized spacial score (nSPS) is 30.8. The summed E-state index contributed by atoms with van der Waals surface area (Å²) < 4.78 is 11.6. The Morgan fingerprint density at radius 2 is 1.91 bits per heavy atom. The summed E-state index contributed by atoms with van der Waals surface area (Å²) in [6.45, 7) is 8.28. The van der Waals surface area contributed by atoms with Crippen LogP contribution in [0.3, 0.4) is 0 Å². The highest BCUT2D eigenvalue weighted by molar-refractivity contribution is 6.00. The number of aromatic hydroxyl groups is 1. The third kappa shape index (κ3) is 3.66. The van der Waals surface area contributed by atoms with Gasteiger partial charge in [-0.1, -0.05) is 34.1 Å². The largest absolute Gasteiger partial charge is 0.507 e. The van der Waals surface area contributed by atoms with Gasteiger partial charge >= 0.3 is 0 Å². The summed E-state index contributed by atoms with van der Waals surface area (Å²) in [5.41, 5.74) is 1.53. The van der Waals surface area contributed by atoms with E-state index in [1.54, 1.807) is 6.26 Å². The number of carbonyl (C=O) groups is 1. The molecule has 6 heteroatoms. The minimum Gasteiger partial charge on any atom is -0.507 e. The van der Waals surface area contributed by atoms with Crippen molar-refractivity contribution in [3.8, 4) is 5.75 Å². The summed E-state index contributed by atoms with van der Waals surface area (Å²) in [5, 5.41) is 33.4. The highest BCUT2D eigenvalue weighted by atomic mass is 16.6. The van der Waals surface area contributed by atoms with Crippen LogP contribution in [0.15, 0.2) is 16.7 Å². The lowest BCUT2D eigenvalue weighted by Crippen LogP contribution is -2.50. The zero-order valence-corrected chi connectivity index (χ0v) is 19.5. The number of furan rings is 1. The van der Waals surface area contributed by atoms with Crippen molar-refractivity contribution in [2.75, 3.05) is 0 Å². The molecule has 2 aliphatic rings. The molecule has 0 amide bonds. The Morgan fingerprint density at radius 1 is 1.22 bits per heavy atom. The Kier molecular flexibility index (Phi) is 6.40. The summed E-state index contributed by atoms with van der Waals surface area (Å²) in [6.07, 6.45) is 5.24. The summed E-state index contributed by atoms with van der Waals surface area (Å²) in [4.78, 5) is 11.8. The number of benzene rings is 1. The van der Waals surface area contributed by atoms with Gasteiger partial charge in [0.15, 0.2) is 6.29 Å². The van der Waals surface area contributed by atoms with E-state index in [-0.39, 0.29) is 29.3 Å². The minimum absolute atomic E-state index is 0.00363. The third-order valence-corrected chi connectivity index (χ3v) is 7.55. The second-order valence-electron chi connectivity index (χ2n) is 10.1. The number of carbonyl (C=O) groups excluding carboxylic acids is 1. The lowest BCUT2D eigenvalue weighted by atomic mass is 9.68. The van der Waals surface area contributed by atoms with E-state index in [1.807, 2.05) is 13.0 Å². The lowest BCUT2D eigenvalue weighted by molar-refractivity contribution is -0.0689. The maximum Gasteiger partial charge on any atom is 0.157 e. The van der Waals surface area contributed by atoms with Gasteiger partial charge in [0.25, 0.3) is 0 Å². The van der Waals surface area contributed by atoms with Crippen molar-refractivity contribution in [2.24, 2.45) is 11.8 Å². The van der Waals surface area contributed by atoms with Crippen molar-refractivity contribution < 1.29 is 29.3 Å². The smallest absolute Gasteiger partial charge is 0.157 e. The number of phenols is 1. The summed E-state index contributed by atoms with van der Waals surface area (Å²) in [7, 11) is 0. The Labute approximate surface area is 189 Å². The molecule has 2 heterocycles. The average Bonchev–Trinajstić information content (AvgIpc) is 3.36. The second kappa shape index (κ2) is 8.81. The maximum atomic E-state index is 11.8. The van der Waals surface area contributed by atoms with E-state index in [2.05, 4.69) is 20.8 Å². The molecule has 1 aromatic heterocycles. The van der Waals surface area contributed by atoms with E-state index in [4.69, 9.17) is 9.15 Å². The van der Waals surface area contributed by atoms with Crippen molar-refractivity contribution in [2.45, 2.75) is 96.1 Å². The Hall–Kier alpha value is -1.89. The minimum atomic E-state index is -0.804. The van der Waals surface area contributed by atoms with E-state index in [0.717, 1.165) is 35.8 Å². The van der Waals surface area contributed by atoms with Gasteiger partial charge in [0.1, 0.15) is 16.9 Å². The molecule has 1 saturated heterocycles. The van der Waals surface area contributed by atoms with Crippen molar-refractivity contribution in [1.82, 2.24) is 0 Å². The van der Waals surface area contributed by atoms with Gasteiger partial charge in [0.05, 0.1) is 30.1 Å². The van der Waals surface area contributed by atoms with Crippen LogP contribution in [-0.2, 0) is 11.2 Å². The first-order valence-electron chi connectivity index (χ1n) is 12.0. The predicted octanol–water partition coefficient (Wildman–Crippen LogP) is 4.71. The van der Waals surface area contributed by atoms with Gasteiger partial charge in [-0.2, -0.15) is 0 Å². The standard InChI is InChI=1S/C26H36O6/c1-5-7-17(15-10-21(28)26(22(29)11-15)23(6-2)32-26)20-13-31-25-18(20)9-16(8-14(3)4)24(30)19(25)12-27/h9,12-15,17,21-23,28-30H,5-8,10-11H2,1-4H3/t15-,17?,21-,22?,23?,26?/m1/s1. The summed E-state index contributed by atoms with van der Waals surface area (Å²) >= 11 is 0. The van der Waals surface area contributed by atoms with E-state index in [0.29, 0.717) is 37.0 Å². The van der Waals surface area contributed by atoms with Gasteiger partial charge in [-0.15, -0.1) is 0 Å². The fourth-order valence-electron chi connectivity index (χ4n) is 6.00. The van der Waals surface area contributed by atoms with Crippen molar-refractivity contribution in [3.05, 3.63) is 29.0 Å². The fraction of sp³-hybridized carbons (Fsp3) is 0.654. The van der Waals surface area contributed by atoms with Crippen LogP contribution in [0, 0.1) is 11.8 Å². The number of rotatable bonds is 8.